The molecule has 5 heteroatoms. The van der Waals surface area contributed by atoms with Crippen LogP contribution in [0, 0.1) is 5.92 Å². The van der Waals surface area contributed by atoms with Crippen molar-refractivity contribution in [2.75, 3.05) is 13.1 Å². The quantitative estimate of drug-likeness (QED) is 0.585. The molecule has 1 rings (SSSR count). The number of carbonyl (C=O) groups excluding carboxylic acids is 1. The number of carbonyl (C=O) groups is 1. The second-order valence-electron chi connectivity index (χ2n) is 4.91. The maximum atomic E-state index is 12.4. The number of amides is 1. The summed E-state index contributed by atoms with van der Waals surface area (Å²) < 4.78 is 0. The van der Waals surface area contributed by atoms with Crippen molar-refractivity contribution >= 4 is 23.2 Å². The van der Waals surface area contributed by atoms with Gasteiger partial charge in [-0.2, -0.15) is 0 Å². The van der Waals surface area contributed by atoms with E-state index in [4.69, 9.17) is 18.0 Å². The molecule has 0 spiro atoms. The lowest BCUT2D eigenvalue weighted by atomic mass is 9.96. The van der Waals surface area contributed by atoms with Crippen LogP contribution in [0.1, 0.15) is 20.3 Å². The molecule has 1 aliphatic rings. The van der Waals surface area contributed by atoms with Gasteiger partial charge in [-0.3, -0.25) is 9.69 Å². The fraction of sp³-hybridized carbons (Fsp3) is 0.538. The smallest absolute Gasteiger partial charge is 0.269 e. The lowest BCUT2D eigenvalue weighted by molar-refractivity contribution is -0.133. The molecule has 1 saturated heterocycles. The number of thiocarbonyl (C=S) groups is 1. The average Bonchev–Trinajstić information content (AvgIpc) is 2.44. The minimum absolute atomic E-state index is 0.150. The van der Waals surface area contributed by atoms with Crippen molar-refractivity contribution in [3.05, 3.63) is 25.3 Å². The van der Waals surface area contributed by atoms with Gasteiger partial charge in [0.05, 0.1) is 0 Å². The van der Waals surface area contributed by atoms with Crippen molar-refractivity contribution in [3.8, 4) is 0 Å². The molecular weight excluding hydrogens is 246 g/mol. The van der Waals surface area contributed by atoms with E-state index in [9.17, 15) is 4.79 Å². The van der Waals surface area contributed by atoms with E-state index in [0.717, 1.165) is 0 Å². The summed E-state index contributed by atoms with van der Waals surface area (Å²) in [5.41, 5.74) is 5.26. The van der Waals surface area contributed by atoms with Gasteiger partial charge in [-0.25, -0.2) is 0 Å². The van der Waals surface area contributed by atoms with Crippen molar-refractivity contribution in [3.63, 3.8) is 0 Å². The molecule has 2 N–H and O–H groups in total. The molecule has 4 nitrogen and oxygen atoms in total. The molecule has 1 amide bonds. The number of nitrogens with two attached hydrogens (primary N) is 1. The van der Waals surface area contributed by atoms with Crippen LogP contribution in [0.25, 0.3) is 0 Å². The van der Waals surface area contributed by atoms with Crippen LogP contribution in [0.3, 0.4) is 0 Å². The Labute approximate surface area is 114 Å². The van der Waals surface area contributed by atoms with Crippen LogP contribution in [0.5, 0.6) is 0 Å². The molecule has 100 valence electrons. The summed E-state index contributed by atoms with van der Waals surface area (Å²) in [6, 6.07) is 0. The predicted molar refractivity (Wildman–Crippen MR) is 77.8 cm³/mol. The molecule has 0 aromatic heterocycles. The predicted octanol–water partition coefficient (Wildman–Crippen LogP) is 1.49. The lowest BCUT2D eigenvalue weighted by Gasteiger charge is -2.33. The summed E-state index contributed by atoms with van der Waals surface area (Å²) in [6.07, 6.45) is 3.92. The van der Waals surface area contributed by atoms with Crippen molar-refractivity contribution in [2.45, 2.75) is 25.9 Å². The topological polar surface area (TPSA) is 49.6 Å². The summed E-state index contributed by atoms with van der Waals surface area (Å²) in [6.45, 7) is 12.3. The first-order valence-corrected chi connectivity index (χ1v) is 6.43. The van der Waals surface area contributed by atoms with E-state index >= 15 is 0 Å². The van der Waals surface area contributed by atoms with Gasteiger partial charge in [-0.05, 0) is 24.6 Å². The molecule has 1 heterocycles. The van der Waals surface area contributed by atoms with E-state index in [-0.39, 0.29) is 5.91 Å². The first-order valence-electron chi connectivity index (χ1n) is 6.02. The Morgan fingerprint density at radius 2 is 1.94 bits per heavy atom. The monoisotopic (exact) mass is 267 g/mol. The molecule has 0 aromatic rings. The molecule has 1 atom stereocenters. The third-order valence-corrected chi connectivity index (χ3v) is 3.34. The van der Waals surface area contributed by atoms with Crippen molar-refractivity contribution in [2.24, 2.45) is 11.7 Å². The Hall–Kier alpha value is -1.20. The molecule has 18 heavy (non-hydrogen) atoms. The Bertz CT molecular complexity index is 380. The zero-order valence-electron chi connectivity index (χ0n) is 11.1. The van der Waals surface area contributed by atoms with Gasteiger partial charge in [-0.1, -0.05) is 26.0 Å². The third-order valence-electron chi connectivity index (χ3n) is 2.90. The fourth-order valence-corrected chi connectivity index (χ4v) is 2.63. The van der Waals surface area contributed by atoms with Gasteiger partial charge in [0.25, 0.3) is 5.91 Å². The second-order valence-corrected chi connectivity index (χ2v) is 5.27. The molecular formula is C13H21N3OS. The first-order chi connectivity index (χ1) is 8.38. The number of hydrogen-bond donors (Lipinski definition) is 1. The maximum Gasteiger partial charge on any atom is 0.269 e. The molecule has 0 aromatic carbocycles. The normalized spacial score (nSPS) is 24.0. The highest BCUT2D eigenvalue weighted by atomic mass is 32.1. The number of hydrogen-bond acceptors (Lipinski definition) is 3. The molecule has 0 saturated carbocycles. The van der Waals surface area contributed by atoms with Gasteiger partial charge in [0.1, 0.15) is 0 Å². The van der Waals surface area contributed by atoms with E-state index in [0.29, 0.717) is 30.5 Å². The van der Waals surface area contributed by atoms with Gasteiger partial charge in [0.2, 0.25) is 0 Å². The van der Waals surface area contributed by atoms with Crippen LogP contribution in [-0.2, 0) is 4.79 Å². The first kappa shape index (κ1) is 14.9. The van der Waals surface area contributed by atoms with E-state index in [1.807, 2.05) is 13.8 Å². The van der Waals surface area contributed by atoms with Crippen LogP contribution in [-0.4, -0.2) is 39.6 Å². The van der Waals surface area contributed by atoms with Gasteiger partial charge >= 0.3 is 0 Å². The van der Waals surface area contributed by atoms with Crippen molar-refractivity contribution in [1.82, 2.24) is 9.80 Å². The zero-order chi connectivity index (χ0) is 13.9. The second kappa shape index (κ2) is 5.63. The fourth-order valence-electron chi connectivity index (χ4n) is 2.23. The SMILES string of the molecule is C=CCN1C(=O)C(N)(CC(C)C)N(CC=C)C1=S. The summed E-state index contributed by atoms with van der Waals surface area (Å²) in [7, 11) is 0. The third kappa shape index (κ3) is 2.47. The van der Waals surface area contributed by atoms with Crippen LogP contribution < -0.4 is 5.73 Å². The minimum atomic E-state index is -1.05. The van der Waals surface area contributed by atoms with Crippen LogP contribution in [0.2, 0.25) is 0 Å². The van der Waals surface area contributed by atoms with E-state index in [1.54, 1.807) is 17.1 Å². The van der Waals surface area contributed by atoms with Crippen LogP contribution in [0.15, 0.2) is 25.3 Å². The Balaban J connectivity index is 3.11. The van der Waals surface area contributed by atoms with Gasteiger partial charge in [0.15, 0.2) is 10.8 Å². The van der Waals surface area contributed by atoms with Gasteiger partial charge in [-0.15, -0.1) is 13.2 Å². The molecule has 1 aliphatic heterocycles. The minimum Gasteiger partial charge on any atom is -0.319 e. The number of rotatable bonds is 6. The van der Waals surface area contributed by atoms with Crippen LogP contribution >= 0.6 is 12.2 Å². The van der Waals surface area contributed by atoms with E-state index in [2.05, 4.69) is 13.2 Å². The summed E-state index contributed by atoms with van der Waals surface area (Å²) in [4.78, 5) is 15.7. The molecule has 0 radical (unpaired) electrons. The molecule has 1 unspecified atom stereocenters. The van der Waals surface area contributed by atoms with Gasteiger partial charge in [0, 0.05) is 13.1 Å². The van der Waals surface area contributed by atoms with Crippen LogP contribution in [0.4, 0.5) is 0 Å². The maximum absolute atomic E-state index is 12.4. The Morgan fingerprint density at radius 1 is 1.39 bits per heavy atom. The molecule has 1 fully saturated rings. The summed E-state index contributed by atoms with van der Waals surface area (Å²) in [5, 5.41) is 0.461. The number of nitrogens with zero attached hydrogens (tertiary/aromatic N) is 2. The Kier molecular flexibility index (Phi) is 4.65. The summed E-state index contributed by atoms with van der Waals surface area (Å²) >= 11 is 5.33. The van der Waals surface area contributed by atoms with Crippen molar-refractivity contribution in [1.29, 1.82) is 0 Å². The standard InChI is InChI=1S/C13H21N3OS/c1-5-7-15-11(17)13(14,9-10(3)4)16(8-6-2)12(15)18/h5-6,10H,1-2,7-9,14H2,3-4H3. The van der Waals surface area contributed by atoms with Crippen molar-refractivity contribution < 1.29 is 4.79 Å². The highest BCUT2D eigenvalue weighted by Gasteiger charge is 2.51. The molecule has 0 aliphatic carbocycles. The highest BCUT2D eigenvalue weighted by molar-refractivity contribution is 7.80. The van der Waals surface area contributed by atoms with E-state index < -0.39 is 5.66 Å². The van der Waals surface area contributed by atoms with E-state index in [1.165, 1.54) is 4.90 Å². The lowest BCUT2D eigenvalue weighted by Crippen LogP contribution is -2.58. The largest absolute Gasteiger partial charge is 0.319 e. The zero-order valence-corrected chi connectivity index (χ0v) is 11.9. The summed E-state index contributed by atoms with van der Waals surface area (Å²) in [5.74, 6) is 0.153. The Morgan fingerprint density at radius 3 is 2.39 bits per heavy atom. The highest BCUT2D eigenvalue weighted by Crippen LogP contribution is 2.29. The van der Waals surface area contributed by atoms with Gasteiger partial charge < -0.3 is 10.6 Å². The average molecular weight is 267 g/mol. The molecule has 0 bridgehead atoms.